The van der Waals surface area contributed by atoms with E-state index in [9.17, 15) is 18.8 Å². The van der Waals surface area contributed by atoms with Crippen molar-refractivity contribution in [3.8, 4) is 0 Å². The summed E-state index contributed by atoms with van der Waals surface area (Å²) in [6, 6.07) is 3.07. The van der Waals surface area contributed by atoms with Gasteiger partial charge >= 0.3 is 0 Å². The Labute approximate surface area is 153 Å². The zero-order valence-electron chi connectivity index (χ0n) is 15.7. The summed E-state index contributed by atoms with van der Waals surface area (Å²) in [5, 5.41) is 2.80. The molecule has 1 heterocycles. The smallest absolute Gasteiger partial charge is 0.254 e. The van der Waals surface area contributed by atoms with Crippen LogP contribution in [0.15, 0.2) is 18.2 Å². The molecule has 1 N–H and O–H groups in total. The summed E-state index contributed by atoms with van der Waals surface area (Å²) in [5.41, 5.74) is 0.888. The number of hydrogen-bond acceptors (Lipinski definition) is 3. The van der Waals surface area contributed by atoms with Gasteiger partial charge in [0.15, 0.2) is 0 Å². The fourth-order valence-corrected chi connectivity index (χ4v) is 3.45. The van der Waals surface area contributed by atoms with Gasteiger partial charge in [-0.2, -0.15) is 0 Å². The molecule has 0 unspecified atom stereocenters. The molecule has 26 heavy (non-hydrogen) atoms. The summed E-state index contributed by atoms with van der Waals surface area (Å²) < 4.78 is 13.4. The van der Waals surface area contributed by atoms with Crippen LogP contribution in [0.4, 0.5) is 4.39 Å². The fraction of sp³-hybridized carbons (Fsp3) is 0.526. The summed E-state index contributed by atoms with van der Waals surface area (Å²) in [6.45, 7) is 8.21. The first-order valence-electron chi connectivity index (χ1n) is 8.91. The van der Waals surface area contributed by atoms with Crippen molar-refractivity contribution in [2.45, 2.75) is 46.2 Å². The number of nitrogens with one attached hydrogen (secondary N) is 1. The highest BCUT2D eigenvalue weighted by atomic mass is 19.1. The highest BCUT2D eigenvalue weighted by molar-refractivity contribution is 5.99. The highest BCUT2D eigenvalue weighted by Crippen LogP contribution is 2.24. The molecular formula is C19H26FN3O3. The third-order valence-corrected chi connectivity index (χ3v) is 4.75. The van der Waals surface area contributed by atoms with Crippen LogP contribution in [-0.2, 0) is 9.59 Å². The number of carbonyl (C=O) groups excluding carboxylic acids is 3. The number of carbonyl (C=O) groups is 3. The third-order valence-electron chi connectivity index (χ3n) is 4.75. The van der Waals surface area contributed by atoms with E-state index in [0.717, 1.165) is 0 Å². The van der Waals surface area contributed by atoms with Crippen LogP contribution in [-0.4, -0.2) is 59.2 Å². The van der Waals surface area contributed by atoms with Crippen LogP contribution in [0.1, 0.15) is 43.1 Å². The molecule has 0 radical (unpaired) electrons. The molecule has 0 bridgehead atoms. The molecule has 1 aliphatic rings. The van der Waals surface area contributed by atoms with E-state index in [4.69, 9.17) is 0 Å². The minimum Gasteiger partial charge on any atom is -0.352 e. The van der Waals surface area contributed by atoms with Crippen molar-refractivity contribution >= 4 is 17.7 Å². The first-order valence-corrected chi connectivity index (χ1v) is 8.91. The largest absolute Gasteiger partial charge is 0.352 e. The molecule has 2 rings (SSSR count). The summed E-state index contributed by atoms with van der Waals surface area (Å²) in [5.74, 6) is -1.06. The summed E-state index contributed by atoms with van der Waals surface area (Å²) in [6.07, 6.45) is 0.376. The predicted octanol–water partition coefficient (Wildman–Crippen LogP) is 1.72. The Kier molecular flexibility index (Phi) is 6.34. The predicted molar refractivity (Wildman–Crippen MR) is 96.1 cm³/mol. The van der Waals surface area contributed by atoms with E-state index in [1.54, 1.807) is 11.8 Å². The molecule has 0 saturated carbocycles. The van der Waals surface area contributed by atoms with Gasteiger partial charge in [0.2, 0.25) is 11.8 Å². The van der Waals surface area contributed by atoms with E-state index in [1.807, 2.05) is 13.8 Å². The lowest BCUT2D eigenvalue weighted by molar-refractivity contribution is -0.135. The molecule has 0 spiro atoms. The van der Waals surface area contributed by atoms with E-state index in [0.29, 0.717) is 30.6 Å². The van der Waals surface area contributed by atoms with Gasteiger partial charge in [-0.05, 0) is 51.0 Å². The van der Waals surface area contributed by atoms with Crippen LogP contribution in [0, 0.1) is 12.7 Å². The molecule has 0 aromatic heterocycles. The van der Waals surface area contributed by atoms with Crippen LogP contribution in [0.3, 0.4) is 0 Å². The maximum absolute atomic E-state index is 13.4. The zero-order valence-corrected chi connectivity index (χ0v) is 15.7. The van der Waals surface area contributed by atoms with Gasteiger partial charge in [0.25, 0.3) is 5.91 Å². The quantitative estimate of drug-likeness (QED) is 0.866. The van der Waals surface area contributed by atoms with E-state index < -0.39 is 11.9 Å². The SMILES string of the molecule is CCN(CC)C(=O)[C@@H]1C[C@@H](NC(C)=O)CN1C(=O)c1ccc(F)cc1C. The monoisotopic (exact) mass is 363 g/mol. The van der Waals surface area contributed by atoms with E-state index >= 15 is 0 Å². The third kappa shape index (κ3) is 4.20. The number of halogens is 1. The van der Waals surface area contributed by atoms with Crippen molar-refractivity contribution in [2.24, 2.45) is 0 Å². The standard InChI is InChI=1S/C19H26FN3O3/c1-5-22(6-2)19(26)17-10-15(21-13(4)24)11-23(17)18(25)16-8-7-14(20)9-12(16)3/h7-9,15,17H,5-6,10-11H2,1-4H3,(H,21,24)/t15-,17+/m1/s1. The Hall–Kier alpha value is -2.44. The van der Waals surface area contributed by atoms with Gasteiger partial charge in [-0.1, -0.05) is 0 Å². The molecule has 142 valence electrons. The number of amides is 3. The van der Waals surface area contributed by atoms with Gasteiger partial charge in [0.1, 0.15) is 11.9 Å². The Bertz CT molecular complexity index is 703. The Balaban J connectivity index is 2.32. The number of rotatable bonds is 5. The second-order valence-corrected chi connectivity index (χ2v) is 6.58. The van der Waals surface area contributed by atoms with Crippen molar-refractivity contribution in [2.75, 3.05) is 19.6 Å². The Morgan fingerprint density at radius 3 is 2.46 bits per heavy atom. The van der Waals surface area contributed by atoms with Gasteiger partial charge in [-0.25, -0.2) is 4.39 Å². The van der Waals surface area contributed by atoms with Crippen LogP contribution in [0.5, 0.6) is 0 Å². The minimum absolute atomic E-state index is 0.129. The van der Waals surface area contributed by atoms with Gasteiger partial charge in [0.05, 0.1) is 0 Å². The van der Waals surface area contributed by atoms with Crippen molar-refractivity contribution in [1.82, 2.24) is 15.1 Å². The number of likely N-dealkylation sites (tertiary alicyclic amines) is 1. The lowest BCUT2D eigenvalue weighted by Crippen LogP contribution is -2.47. The number of hydrogen-bond donors (Lipinski definition) is 1. The average molecular weight is 363 g/mol. The molecule has 6 nitrogen and oxygen atoms in total. The molecule has 0 aliphatic carbocycles. The number of likely N-dealkylation sites (N-methyl/N-ethyl adjacent to an activating group) is 1. The number of benzene rings is 1. The first kappa shape index (κ1) is 19.9. The molecule has 2 atom stereocenters. The molecule has 3 amide bonds. The van der Waals surface area contributed by atoms with Gasteiger partial charge in [0, 0.05) is 38.2 Å². The normalized spacial score (nSPS) is 19.3. The second kappa shape index (κ2) is 8.29. The van der Waals surface area contributed by atoms with Crippen LogP contribution < -0.4 is 5.32 Å². The lowest BCUT2D eigenvalue weighted by atomic mass is 10.1. The molecule has 7 heteroatoms. The maximum Gasteiger partial charge on any atom is 0.254 e. The molecule has 1 saturated heterocycles. The minimum atomic E-state index is -0.635. The van der Waals surface area contributed by atoms with Crippen molar-refractivity contribution in [3.63, 3.8) is 0 Å². The van der Waals surface area contributed by atoms with Gasteiger partial charge in [-0.3, -0.25) is 14.4 Å². The molecule has 1 aliphatic heterocycles. The zero-order chi connectivity index (χ0) is 19.4. The topological polar surface area (TPSA) is 69.7 Å². The summed E-state index contributed by atoms with van der Waals surface area (Å²) >= 11 is 0. The summed E-state index contributed by atoms with van der Waals surface area (Å²) in [7, 11) is 0. The Morgan fingerprint density at radius 1 is 1.27 bits per heavy atom. The molecule has 1 fully saturated rings. The number of nitrogens with zero attached hydrogens (tertiary/aromatic N) is 2. The molecule has 1 aromatic carbocycles. The first-order chi connectivity index (χ1) is 12.3. The number of aryl methyl sites for hydroxylation is 1. The van der Waals surface area contributed by atoms with Crippen molar-refractivity contribution in [1.29, 1.82) is 0 Å². The van der Waals surface area contributed by atoms with E-state index in [-0.39, 0.29) is 30.3 Å². The van der Waals surface area contributed by atoms with E-state index in [1.165, 1.54) is 30.0 Å². The van der Waals surface area contributed by atoms with Crippen LogP contribution in [0.25, 0.3) is 0 Å². The van der Waals surface area contributed by atoms with Crippen molar-refractivity contribution < 1.29 is 18.8 Å². The molecular weight excluding hydrogens is 337 g/mol. The highest BCUT2D eigenvalue weighted by Gasteiger charge is 2.41. The van der Waals surface area contributed by atoms with Crippen molar-refractivity contribution in [3.05, 3.63) is 35.1 Å². The van der Waals surface area contributed by atoms with Gasteiger partial charge < -0.3 is 15.1 Å². The molecule has 1 aromatic rings. The second-order valence-electron chi connectivity index (χ2n) is 6.58. The maximum atomic E-state index is 13.4. The lowest BCUT2D eigenvalue weighted by Gasteiger charge is -2.29. The van der Waals surface area contributed by atoms with Gasteiger partial charge in [-0.15, -0.1) is 0 Å². The Morgan fingerprint density at radius 2 is 1.92 bits per heavy atom. The van der Waals surface area contributed by atoms with Crippen LogP contribution >= 0.6 is 0 Å². The summed E-state index contributed by atoms with van der Waals surface area (Å²) in [4.78, 5) is 40.5. The van der Waals surface area contributed by atoms with Crippen LogP contribution in [0.2, 0.25) is 0 Å². The van der Waals surface area contributed by atoms with E-state index in [2.05, 4.69) is 5.32 Å². The fourth-order valence-electron chi connectivity index (χ4n) is 3.45. The average Bonchev–Trinajstić information content (AvgIpc) is 2.98.